The first-order chi connectivity index (χ1) is 13.1. The molecule has 2 amide bonds. The van der Waals surface area contributed by atoms with Crippen LogP contribution in [0.25, 0.3) is 22.6 Å². The van der Waals surface area contributed by atoms with Gasteiger partial charge in [-0.2, -0.15) is 0 Å². The summed E-state index contributed by atoms with van der Waals surface area (Å²) in [5.74, 6) is -0.393. The number of hydrogen-bond acceptors (Lipinski definition) is 5. The van der Waals surface area contributed by atoms with E-state index in [4.69, 9.17) is 5.11 Å². The molecule has 27 heavy (non-hydrogen) atoms. The summed E-state index contributed by atoms with van der Waals surface area (Å²) in [5.41, 5.74) is 3.30. The van der Waals surface area contributed by atoms with Crippen molar-refractivity contribution in [3.05, 3.63) is 53.9 Å². The highest BCUT2D eigenvalue weighted by Gasteiger charge is 2.25. The number of aromatic amines is 1. The number of fused-ring (bicyclic) bond motifs is 2. The average Bonchev–Trinajstić information content (AvgIpc) is 3.22. The molecule has 5 N–H and O–H groups in total. The molecule has 0 radical (unpaired) electrons. The fraction of sp³-hybridized carbons (Fsp3) is 0.105. The number of benzene rings is 1. The number of hydrogen-bond donors (Lipinski definition) is 5. The normalized spacial score (nSPS) is 15.6. The minimum atomic E-state index is -1.49. The highest BCUT2D eigenvalue weighted by Crippen LogP contribution is 2.33. The van der Waals surface area contributed by atoms with Crippen molar-refractivity contribution in [1.82, 2.24) is 9.97 Å². The highest BCUT2D eigenvalue weighted by molar-refractivity contribution is 6.34. The third-order valence-electron chi connectivity index (χ3n) is 4.33. The molecule has 1 aromatic carbocycles. The number of H-pyrrole nitrogens is 1. The lowest BCUT2D eigenvalue weighted by Crippen LogP contribution is -2.30. The minimum Gasteiger partial charge on any atom is -0.393 e. The van der Waals surface area contributed by atoms with Crippen LogP contribution < -0.4 is 10.6 Å². The van der Waals surface area contributed by atoms with E-state index in [1.807, 2.05) is 6.07 Å². The molecule has 3 aromatic rings. The molecule has 0 fully saturated rings. The number of carbonyl (C=O) groups is 2. The topological polar surface area (TPSA) is 127 Å². The molecule has 8 heteroatoms. The summed E-state index contributed by atoms with van der Waals surface area (Å²) in [6.07, 6.45) is 3.66. The molecule has 3 heterocycles. The molecule has 0 saturated heterocycles. The summed E-state index contributed by atoms with van der Waals surface area (Å²) in [4.78, 5) is 31.3. The maximum absolute atomic E-state index is 12.3. The lowest BCUT2D eigenvalue weighted by Gasteiger charge is -2.09. The first kappa shape index (κ1) is 17.0. The van der Waals surface area contributed by atoms with Gasteiger partial charge in [-0.25, -0.2) is 4.98 Å². The second-order valence-corrected chi connectivity index (χ2v) is 6.10. The van der Waals surface area contributed by atoms with Crippen molar-refractivity contribution < 1.29 is 19.8 Å². The van der Waals surface area contributed by atoms with Gasteiger partial charge in [-0.05, 0) is 36.4 Å². The first-order valence-electron chi connectivity index (χ1n) is 8.26. The van der Waals surface area contributed by atoms with Crippen LogP contribution in [-0.4, -0.2) is 44.7 Å². The van der Waals surface area contributed by atoms with Crippen LogP contribution in [0.1, 0.15) is 11.1 Å². The van der Waals surface area contributed by atoms with Crippen LogP contribution in [0, 0.1) is 0 Å². The van der Waals surface area contributed by atoms with E-state index in [9.17, 15) is 14.7 Å². The van der Waals surface area contributed by atoms with Crippen molar-refractivity contribution in [3.8, 4) is 0 Å². The Hall–Kier alpha value is -3.49. The molecule has 0 spiro atoms. The molecule has 1 aliphatic rings. The molecule has 0 aliphatic carbocycles. The van der Waals surface area contributed by atoms with Crippen molar-refractivity contribution in [2.75, 3.05) is 17.2 Å². The number of aliphatic hydroxyl groups is 2. The van der Waals surface area contributed by atoms with Gasteiger partial charge in [0.1, 0.15) is 5.82 Å². The van der Waals surface area contributed by atoms with E-state index in [0.29, 0.717) is 17.1 Å². The predicted octanol–water partition coefficient (Wildman–Crippen LogP) is 1.35. The summed E-state index contributed by atoms with van der Waals surface area (Å²) in [5, 5.41) is 24.3. The number of rotatable bonds is 4. The monoisotopic (exact) mass is 364 g/mol. The van der Waals surface area contributed by atoms with E-state index in [-0.39, 0.29) is 5.91 Å². The van der Waals surface area contributed by atoms with Gasteiger partial charge < -0.3 is 25.8 Å². The van der Waals surface area contributed by atoms with Gasteiger partial charge in [0.15, 0.2) is 6.10 Å². The molecular formula is C19H16N4O4. The van der Waals surface area contributed by atoms with Gasteiger partial charge in [0, 0.05) is 40.1 Å². The molecule has 1 atom stereocenters. The Morgan fingerprint density at radius 2 is 2.19 bits per heavy atom. The van der Waals surface area contributed by atoms with Gasteiger partial charge >= 0.3 is 0 Å². The van der Waals surface area contributed by atoms with Crippen LogP contribution in [0.5, 0.6) is 0 Å². The lowest BCUT2D eigenvalue weighted by atomic mass is 10.0. The Morgan fingerprint density at radius 1 is 1.33 bits per heavy atom. The summed E-state index contributed by atoms with van der Waals surface area (Å²) in [6.45, 7) is -0.655. The van der Waals surface area contributed by atoms with Gasteiger partial charge in [-0.1, -0.05) is 0 Å². The zero-order valence-electron chi connectivity index (χ0n) is 14.1. The number of nitrogens with zero attached hydrogens (tertiary/aromatic N) is 1. The Morgan fingerprint density at radius 3 is 3.00 bits per heavy atom. The number of aromatic nitrogens is 2. The smallest absolute Gasteiger partial charge is 0.257 e. The number of carbonyl (C=O) groups excluding carboxylic acids is 2. The summed E-state index contributed by atoms with van der Waals surface area (Å²) in [6, 6.07) is 8.78. The Kier molecular flexibility index (Phi) is 4.19. The van der Waals surface area contributed by atoms with Crippen molar-refractivity contribution in [1.29, 1.82) is 0 Å². The maximum Gasteiger partial charge on any atom is 0.257 e. The number of aliphatic hydroxyl groups excluding tert-OH is 2. The Balaban J connectivity index is 1.72. The third-order valence-corrected chi connectivity index (χ3v) is 4.33. The van der Waals surface area contributed by atoms with Crippen LogP contribution in [0.4, 0.5) is 11.5 Å². The molecular weight excluding hydrogens is 348 g/mol. The largest absolute Gasteiger partial charge is 0.393 e. The highest BCUT2D eigenvalue weighted by atomic mass is 16.3. The van der Waals surface area contributed by atoms with E-state index in [1.54, 1.807) is 42.7 Å². The van der Waals surface area contributed by atoms with Crippen molar-refractivity contribution in [3.63, 3.8) is 0 Å². The zero-order valence-corrected chi connectivity index (χ0v) is 14.1. The molecule has 0 bridgehead atoms. The standard InChI is InChI=1S/C19H16N4O4/c24-9-16(25)19(27)22-11-3-4-15-13(7-11)10(8-21-15)6-14-12-2-1-5-20-17(12)23-18(14)26/h1-8,16,21,24-25H,9H2,(H,22,27)(H,20,23,26). The van der Waals surface area contributed by atoms with Gasteiger partial charge in [-0.15, -0.1) is 0 Å². The minimum absolute atomic E-state index is 0.228. The van der Waals surface area contributed by atoms with E-state index in [1.165, 1.54) is 0 Å². The van der Waals surface area contributed by atoms with Crippen LogP contribution in [0.15, 0.2) is 42.7 Å². The van der Waals surface area contributed by atoms with Crippen molar-refractivity contribution >= 4 is 45.9 Å². The number of amides is 2. The maximum atomic E-state index is 12.3. The Bertz CT molecular complexity index is 1090. The van der Waals surface area contributed by atoms with Crippen molar-refractivity contribution in [2.45, 2.75) is 6.10 Å². The molecule has 8 nitrogen and oxygen atoms in total. The van der Waals surface area contributed by atoms with Gasteiger partial charge in [0.25, 0.3) is 11.8 Å². The molecule has 136 valence electrons. The van der Waals surface area contributed by atoms with Gasteiger partial charge in [-0.3, -0.25) is 9.59 Å². The predicted molar refractivity (Wildman–Crippen MR) is 101 cm³/mol. The molecule has 1 aliphatic heterocycles. The first-order valence-corrected chi connectivity index (χ1v) is 8.26. The fourth-order valence-corrected chi connectivity index (χ4v) is 2.97. The van der Waals surface area contributed by atoms with Crippen LogP contribution in [0.3, 0.4) is 0 Å². The number of pyridine rings is 1. The molecule has 2 aromatic heterocycles. The van der Waals surface area contributed by atoms with E-state index < -0.39 is 18.6 Å². The summed E-state index contributed by atoms with van der Waals surface area (Å²) < 4.78 is 0. The van der Waals surface area contributed by atoms with E-state index >= 15 is 0 Å². The molecule has 1 unspecified atom stereocenters. The van der Waals surface area contributed by atoms with Crippen LogP contribution in [0.2, 0.25) is 0 Å². The van der Waals surface area contributed by atoms with Crippen LogP contribution in [-0.2, 0) is 9.59 Å². The van der Waals surface area contributed by atoms with Gasteiger partial charge in [0.05, 0.1) is 12.2 Å². The second-order valence-electron chi connectivity index (χ2n) is 6.10. The Labute approximate surface area is 153 Å². The zero-order chi connectivity index (χ0) is 19.0. The van der Waals surface area contributed by atoms with Gasteiger partial charge in [0.2, 0.25) is 0 Å². The average molecular weight is 364 g/mol. The second kappa shape index (κ2) is 6.67. The van der Waals surface area contributed by atoms with Crippen molar-refractivity contribution in [2.24, 2.45) is 0 Å². The van der Waals surface area contributed by atoms with Crippen LogP contribution >= 0.6 is 0 Å². The fourth-order valence-electron chi connectivity index (χ4n) is 2.97. The SMILES string of the molecule is O=C1Nc2ncccc2C1=Cc1c[nH]c2ccc(NC(=O)C(O)CO)cc12. The molecule has 0 saturated carbocycles. The number of nitrogens with one attached hydrogen (secondary N) is 3. The quantitative estimate of drug-likeness (QED) is 0.447. The summed E-state index contributed by atoms with van der Waals surface area (Å²) >= 11 is 0. The number of anilines is 2. The third kappa shape index (κ3) is 3.07. The van der Waals surface area contributed by atoms with E-state index in [2.05, 4.69) is 20.6 Å². The lowest BCUT2D eigenvalue weighted by molar-refractivity contribution is -0.125. The molecule has 4 rings (SSSR count). The van der Waals surface area contributed by atoms with E-state index in [0.717, 1.165) is 22.0 Å². The summed E-state index contributed by atoms with van der Waals surface area (Å²) in [7, 11) is 0.